The highest BCUT2D eigenvalue weighted by Gasteiger charge is 2.32. The van der Waals surface area contributed by atoms with E-state index in [0.717, 1.165) is 38.8 Å². The number of amides is 2. The van der Waals surface area contributed by atoms with Gasteiger partial charge >= 0.3 is 6.03 Å². The number of likely N-dealkylation sites (tertiary alicyclic amines) is 1. The van der Waals surface area contributed by atoms with Gasteiger partial charge in [0.05, 0.1) is 16.7 Å². The van der Waals surface area contributed by atoms with Crippen molar-refractivity contribution in [2.45, 2.75) is 57.2 Å². The van der Waals surface area contributed by atoms with Gasteiger partial charge < -0.3 is 15.0 Å². The minimum Gasteiger partial charge on any atom is -0.371 e. The standard InChI is InChI=1S/C16H25N3O2S/c1-16(2)6-3-13(21-16)11-18-15(20)19-8-4-12(5-9-19)14-17-7-10-22-14/h7,10,12-13H,3-6,8-9,11H2,1-2H3,(H,18,20). The second kappa shape index (κ2) is 6.54. The van der Waals surface area contributed by atoms with Crippen molar-refractivity contribution in [2.24, 2.45) is 0 Å². The molecule has 6 heteroatoms. The molecule has 2 aliphatic heterocycles. The van der Waals surface area contributed by atoms with Gasteiger partial charge in [-0.1, -0.05) is 0 Å². The fourth-order valence-electron chi connectivity index (χ4n) is 3.30. The van der Waals surface area contributed by atoms with E-state index < -0.39 is 0 Å². The zero-order valence-electron chi connectivity index (χ0n) is 13.4. The molecule has 1 aromatic rings. The monoisotopic (exact) mass is 323 g/mol. The lowest BCUT2D eigenvalue weighted by Gasteiger charge is -2.31. The molecule has 122 valence electrons. The Balaban J connectivity index is 1.41. The number of hydrogen-bond acceptors (Lipinski definition) is 4. The van der Waals surface area contributed by atoms with Gasteiger partial charge in [0, 0.05) is 37.1 Å². The Morgan fingerprint density at radius 3 is 2.82 bits per heavy atom. The Morgan fingerprint density at radius 1 is 1.45 bits per heavy atom. The topological polar surface area (TPSA) is 54.5 Å². The molecule has 1 aromatic heterocycles. The second-order valence-electron chi connectivity index (χ2n) is 6.86. The van der Waals surface area contributed by atoms with Crippen molar-refractivity contribution in [3.8, 4) is 0 Å². The summed E-state index contributed by atoms with van der Waals surface area (Å²) in [5.74, 6) is 0.517. The summed E-state index contributed by atoms with van der Waals surface area (Å²) < 4.78 is 5.91. The molecule has 22 heavy (non-hydrogen) atoms. The summed E-state index contributed by atoms with van der Waals surface area (Å²) in [6.45, 7) is 6.46. The highest BCUT2D eigenvalue weighted by atomic mass is 32.1. The third-order valence-electron chi connectivity index (χ3n) is 4.62. The highest BCUT2D eigenvalue weighted by Crippen LogP contribution is 2.30. The van der Waals surface area contributed by atoms with Crippen LogP contribution in [0, 0.1) is 0 Å². The van der Waals surface area contributed by atoms with Crippen molar-refractivity contribution in [1.29, 1.82) is 0 Å². The molecule has 0 bridgehead atoms. The van der Waals surface area contributed by atoms with Crippen LogP contribution in [0.3, 0.4) is 0 Å². The van der Waals surface area contributed by atoms with Gasteiger partial charge in [0.2, 0.25) is 0 Å². The minimum atomic E-state index is -0.0402. The number of nitrogens with one attached hydrogen (secondary N) is 1. The molecular weight excluding hydrogens is 298 g/mol. The van der Waals surface area contributed by atoms with E-state index in [9.17, 15) is 4.79 Å². The van der Waals surface area contributed by atoms with E-state index in [-0.39, 0.29) is 17.7 Å². The van der Waals surface area contributed by atoms with Crippen LogP contribution in [-0.4, -0.2) is 47.3 Å². The Morgan fingerprint density at radius 2 is 2.23 bits per heavy atom. The maximum atomic E-state index is 12.3. The number of nitrogens with zero attached hydrogens (tertiary/aromatic N) is 2. The maximum Gasteiger partial charge on any atom is 0.317 e. The predicted octanol–water partition coefficient (Wildman–Crippen LogP) is 2.99. The van der Waals surface area contributed by atoms with Crippen LogP contribution in [0.2, 0.25) is 0 Å². The van der Waals surface area contributed by atoms with Gasteiger partial charge in [0.15, 0.2) is 0 Å². The summed E-state index contributed by atoms with van der Waals surface area (Å²) in [4.78, 5) is 18.6. The largest absolute Gasteiger partial charge is 0.371 e. The van der Waals surface area contributed by atoms with Crippen molar-refractivity contribution in [3.63, 3.8) is 0 Å². The number of ether oxygens (including phenoxy) is 1. The average Bonchev–Trinajstić information content (AvgIpc) is 3.14. The van der Waals surface area contributed by atoms with Gasteiger partial charge in [0.1, 0.15) is 0 Å². The molecule has 1 atom stereocenters. The molecule has 2 aliphatic rings. The van der Waals surface area contributed by atoms with E-state index in [4.69, 9.17) is 4.74 Å². The number of carbonyl (C=O) groups is 1. The van der Waals surface area contributed by atoms with Crippen LogP contribution in [0.1, 0.15) is 50.5 Å². The Labute approximate surface area is 136 Å². The molecule has 5 nitrogen and oxygen atoms in total. The summed E-state index contributed by atoms with van der Waals surface area (Å²) in [6, 6.07) is 0.0471. The fourth-order valence-corrected chi connectivity index (χ4v) is 4.11. The molecule has 3 heterocycles. The summed E-state index contributed by atoms with van der Waals surface area (Å²) in [5.41, 5.74) is -0.0402. The van der Waals surface area contributed by atoms with Gasteiger partial charge in [-0.2, -0.15) is 0 Å². The predicted molar refractivity (Wildman–Crippen MR) is 87.2 cm³/mol. The molecule has 2 saturated heterocycles. The summed E-state index contributed by atoms with van der Waals surface area (Å²) in [5, 5.41) is 6.27. The zero-order valence-corrected chi connectivity index (χ0v) is 14.2. The normalized spacial score (nSPS) is 25.4. The van der Waals surface area contributed by atoms with Crippen LogP contribution in [0.5, 0.6) is 0 Å². The van der Waals surface area contributed by atoms with E-state index in [1.165, 1.54) is 5.01 Å². The van der Waals surface area contributed by atoms with E-state index in [2.05, 4.69) is 24.1 Å². The van der Waals surface area contributed by atoms with Crippen LogP contribution < -0.4 is 5.32 Å². The lowest BCUT2D eigenvalue weighted by molar-refractivity contribution is -0.0136. The lowest BCUT2D eigenvalue weighted by atomic mass is 9.98. The first-order valence-corrected chi connectivity index (χ1v) is 9.01. The first kappa shape index (κ1) is 15.7. The molecule has 2 fully saturated rings. The maximum absolute atomic E-state index is 12.3. The number of urea groups is 1. The number of rotatable bonds is 3. The molecule has 3 rings (SSSR count). The summed E-state index contributed by atoms with van der Waals surface area (Å²) in [6.07, 6.45) is 6.13. The van der Waals surface area contributed by atoms with Crippen LogP contribution in [0.25, 0.3) is 0 Å². The van der Waals surface area contributed by atoms with E-state index in [1.807, 2.05) is 16.5 Å². The zero-order chi connectivity index (χ0) is 15.6. The molecule has 1 unspecified atom stereocenters. The quantitative estimate of drug-likeness (QED) is 0.930. The fraction of sp³-hybridized carbons (Fsp3) is 0.750. The van der Waals surface area contributed by atoms with Gasteiger partial charge in [-0.25, -0.2) is 9.78 Å². The van der Waals surface area contributed by atoms with Crippen LogP contribution in [-0.2, 0) is 4.74 Å². The number of aromatic nitrogens is 1. The Kier molecular flexibility index (Phi) is 4.68. The summed E-state index contributed by atoms with van der Waals surface area (Å²) >= 11 is 1.72. The SMILES string of the molecule is CC1(C)CCC(CNC(=O)N2CCC(c3nccs3)CC2)O1. The molecular formula is C16H25N3O2S. The molecule has 0 aliphatic carbocycles. The van der Waals surface area contributed by atoms with E-state index in [1.54, 1.807) is 11.3 Å². The number of thiazole rings is 1. The molecule has 0 spiro atoms. The van der Waals surface area contributed by atoms with Crippen LogP contribution in [0.15, 0.2) is 11.6 Å². The van der Waals surface area contributed by atoms with Gasteiger partial charge in [-0.15, -0.1) is 11.3 Å². The molecule has 0 radical (unpaired) electrons. The van der Waals surface area contributed by atoms with Gasteiger partial charge in [-0.05, 0) is 39.5 Å². The third kappa shape index (κ3) is 3.79. The third-order valence-corrected chi connectivity index (χ3v) is 5.56. The highest BCUT2D eigenvalue weighted by molar-refractivity contribution is 7.09. The van der Waals surface area contributed by atoms with Gasteiger partial charge in [-0.3, -0.25) is 0 Å². The number of piperidine rings is 1. The van der Waals surface area contributed by atoms with Crippen molar-refractivity contribution < 1.29 is 9.53 Å². The van der Waals surface area contributed by atoms with E-state index >= 15 is 0 Å². The van der Waals surface area contributed by atoms with Crippen molar-refractivity contribution in [1.82, 2.24) is 15.2 Å². The molecule has 1 N–H and O–H groups in total. The van der Waals surface area contributed by atoms with Crippen molar-refractivity contribution in [3.05, 3.63) is 16.6 Å². The van der Waals surface area contributed by atoms with Crippen molar-refractivity contribution in [2.75, 3.05) is 19.6 Å². The minimum absolute atomic E-state index is 0.0402. The Hall–Kier alpha value is -1.14. The first-order chi connectivity index (χ1) is 10.5. The summed E-state index contributed by atoms with van der Waals surface area (Å²) in [7, 11) is 0. The second-order valence-corrected chi connectivity index (χ2v) is 7.78. The molecule has 0 saturated carbocycles. The number of carbonyl (C=O) groups excluding carboxylic acids is 1. The first-order valence-electron chi connectivity index (χ1n) is 8.13. The molecule has 0 aromatic carbocycles. The number of hydrogen-bond donors (Lipinski definition) is 1. The van der Waals surface area contributed by atoms with Crippen LogP contribution >= 0.6 is 11.3 Å². The Bertz CT molecular complexity index is 495. The lowest BCUT2D eigenvalue weighted by Crippen LogP contribution is -2.46. The van der Waals surface area contributed by atoms with Gasteiger partial charge in [0.25, 0.3) is 0 Å². The van der Waals surface area contributed by atoms with Crippen LogP contribution in [0.4, 0.5) is 4.79 Å². The van der Waals surface area contributed by atoms with E-state index in [0.29, 0.717) is 12.5 Å². The smallest absolute Gasteiger partial charge is 0.317 e. The van der Waals surface area contributed by atoms with Crippen molar-refractivity contribution >= 4 is 17.4 Å². The average molecular weight is 323 g/mol. The molecule has 2 amide bonds.